The minimum atomic E-state index is -0.919. The SMILES string of the molecule is CCN1C(=O)[C@H]2C(=O)N(c3ccccc3)[C@H](c3ccccc3)[C@H]2C1=O. The lowest BCUT2D eigenvalue weighted by atomic mass is 9.88. The lowest BCUT2D eigenvalue weighted by Gasteiger charge is -2.29. The molecule has 0 N–H and O–H groups in total. The molecule has 2 aliphatic heterocycles. The van der Waals surface area contributed by atoms with Crippen molar-refractivity contribution in [3.63, 3.8) is 0 Å². The zero-order valence-electron chi connectivity index (χ0n) is 13.8. The number of fused-ring (bicyclic) bond motifs is 1. The second kappa shape index (κ2) is 5.84. The van der Waals surface area contributed by atoms with Crippen LogP contribution in [0.5, 0.6) is 0 Å². The number of rotatable bonds is 3. The van der Waals surface area contributed by atoms with Crippen molar-refractivity contribution in [1.29, 1.82) is 0 Å². The molecule has 126 valence electrons. The van der Waals surface area contributed by atoms with E-state index in [1.54, 1.807) is 11.8 Å². The van der Waals surface area contributed by atoms with Gasteiger partial charge in [0.1, 0.15) is 5.92 Å². The molecule has 2 heterocycles. The number of nitrogens with zero attached hydrogens (tertiary/aromatic N) is 2. The molecule has 2 aliphatic rings. The van der Waals surface area contributed by atoms with Gasteiger partial charge in [-0.1, -0.05) is 48.5 Å². The normalized spacial score (nSPS) is 25.6. The van der Waals surface area contributed by atoms with Crippen LogP contribution >= 0.6 is 0 Å². The van der Waals surface area contributed by atoms with Crippen LogP contribution in [0, 0.1) is 11.8 Å². The van der Waals surface area contributed by atoms with E-state index in [-0.39, 0.29) is 17.7 Å². The van der Waals surface area contributed by atoms with Crippen LogP contribution in [0.2, 0.25) is 0 Å². The standard InChI is InChI=1S/C20H18N2O3/c1-2-21-18(23)15-16(19(21)24)20(25)22(14-11-7-4-8-12-14)17(15)13-9-5-3-6-10-13/h3-12,15-17H,2H2,1H3/t15-,16-,17+/m0/s1. The fourth-order valence-electron chi connectivity index (χ4n) is 3.97. The maximum Gasteiger partial charge on any atom is 0.242 e. The second-order valence-electron chi connectivity index (χ2n) is 6.32. The Hall–Kier alpha value is -2.95. The van der Waals surface area contributed by atoms with Crippen LogP contribution < -0.4 is 4.90 Å². The van der Waals surface area contributed by atoms with Crippen LogP contribution in [0.25, 0.3) is 0 Å². The van der Waals surface area contributed by atoms with Crippen molar-refractivity contribution in [3.05, 3.63) is 66.2 Å². The van der Waals surface area contributed by atoms with Gasteiger partial charge in [-0.25, -0.2) is 0 Å². The number of carbonyl (C=O) groups is 3. The zero-order chi connectivity index (χ0) is 17.6. The first kappa shape index (κ1) is 15.6. The van der Waals surface area contributed by atoms with Gasteiger partial charge in [-0.15, -0.1) is 0 Å². The lowest BCUT2D eigenvalue weighted by Crippen LogP contribution is -2.39. The van der Waals surface area contributed by atoms with Gasteiger partial charge in [0.05, 0.1) is 12.0 Å². The number of likely N-dealkylation sites (tertiary alicyclic amines) is 1. The zero-order valence-corrected chi connectivity index (χ0v) is 13.8. The third kappa shape index (κ3) is 2.19. The summed E-state index contributed by atoms with van der Waals surface area (Å²) in [5.74, 6) is -2.50. The Labute approximate surface area is 145 Å². The van der Waals surface area contributed by atoms with Crippen molar-refractivity contribution in [3.8, 4) is 0 Å². The van der Waals surface area contributed by atoms with Gasteiger partial charge in [-0.05, 0) is 24.6 Å². The van der Waals surface area contributed by atoms with Crippen molar-refractivity contribution in [2.75, 3.05) is 11.4 Å². The maximum atomic E-state index is 13.1. The van der Waals surface area contributed by atoms with E-state index in [0.29, 0.717) is 12.2 Å². The first-order valence-electron chi connectivity index (χ1n) is 8.43. The number of imide groups is 1. The molecule has 2 aromatic rings. The molecule has 0 bridgehead atoms. The van der Waals surface area contributed by atoms with Crippen molar-refractivity contribution in [2.24, 2.45) is 11.8 Å². The summed E-state index contributed by atoms with van der Waals surface area (Å²) in [6.45, 7) is 2.05. The molecule has 0 saturated carbocycles. The Bertz CT molecular complexity index is 835. The van der Waals surface area contributed by atoms with Gasteiger partial charge >= 0.3 is 0 Å². The second-order valence-corrected chi connectivity index (χ2v) is 6.32. The van der Waals surface area contributed by atoms with Gasteiger partial charge < -0.3 is 4.90 Å². The summed E-state index contributed by atoms with van der Waals surface area (Å²) in [6.07, 6.45) is 0. The monoisotopic (exact) mass is 334 g/mol. The van der Waals surface area contributed by atoms with Crippen LogP contribution in [0.1, 0.15) is 18.5 Å². The summed E-state index contributed by atoms with van der Waals surface area (Å²) in [4.78, 5) is 41.5. The Morgan fingerprint density at radius 2 is 1.40 bits per heavy atom. The van der Waals surface area contributed by atoms with Gasteiger partial charge in [0.2, 0.25) is 17.7 Å². The first-order chi connectivity index (χ1) is 12.1. The molecule has 0 aliphatic carbocycles. The summed E-state index contributed by atoms with van der Waals surface area (Å²) in [5, 5.41) is 0. The predicted molar refractivity (Wildman–Crippen MR) is 92.5 cm³/mol. The minimum Gasteiger partial charge on any atom is -0.303 e. The number of amides is 3. The van der Waals surface area contributed by atoms with Gasteiger partial charge in [-0.3, -0.25) is 19.3 Å². The Morgan fingerprint density at radius 1 is 0.800 bits per heavy atom. The van der Waals surface area contributed by atoms with Crippen molar-refractivity contribution in [1.82, 2.24) is 4.90 Å². The van der Waals surface area contributed by atoms with Crippen LogP contribution in [0.15, 0.2) is 60.7 Å². The summed E-state index contributed by atoms with van der Waals surface area (Å²) < 4.78 is 0. The van der Waals surface area contributed by atoms with Crippen molar-refractivity contribution in [2.45, 2.75) is 13.0 Å². The van der Waals surface area contributed by atoms with Gasteiger partial charge in [0.15, 0.2) is 0 Å². The third-order valence-electron chi connectivity index (χ3n) is 5.06. The van der Waals surface area contributed by atoms with Crippen LogP contribution in [-0.4, -0.2) is 29.2 Å². The summed E-state index contributed by atoms with van der Waals surface area (Å²) in [6, 6.07) is 18.2. The molecule has 5 nitrogen and oxygen atoms in total. The average Bonchev–Trinajstić information content (AvgIpc) is 3.09. The largest absolute Gasteiger partial charge is 0.303 e. The summed E-state index contributed by atoms with van der Waals surface area (Å²) >= 11 is 0. The molecular formula is C20H18N2O3. The van der Waals surface area contributed by atoms with E-state index in [0.717, 1.165) is 5.56 Å². The van der Waals surface area contributed by atoms with E-state index < -0.39 is 17.9 Å². The van der Waals surface area contributed by atoms with Crippen LogP contribution in [-0.2, 0) is 14.4 Å². The first-order valence-corrected chi connectivity index (χ1v) is 8.43. The summed E-state index contributed by atoms with van der Waals surface area (Å²) in [7, 11) is 0. The lowest BCUT2D eigenvalue weighted by molar-refractivity contribution is -0.141. The van der Waals surface area contributed by atoms with Crippen LogP contribution in [0.3, 0.4) is 0 Å². The third-order valence-corrected chi connectivity index (χ3v) is 5.06. The van der Waals surface area contributed by atoms with E-state index >= 15 is 0 Å². The van der Waals surface area contributed by atoms with Gasteiger partial charge in [-0.2, -0.15) is 0 Å². The molecule has 5 heteroatoms. The molecule has 3 amide bonds. The molecule has 0 radical (unpaired) electrons. The van der Waals surface area contributed by atoms with Crippen LogP contribution in [0.4, 0.5) is 5.69 Å². The molecule has 4 rings (SSSR count). The number of para-hydroxylation sites is 1. The smallest absolute Gasteiger partial charge is 0.242 e. The quantitative estimate of drug-likeness (QED) is 0.640. The van der Waals surface area contributed by atoms with E-state index in [9.17, 15) is 14.4 Å². The van der Waals surface area contributed by atoms with E-state index in [2.05, 4.69) is 0 Å². The fourth-order valence-corrected chi connectivity index (χ4v) is 3.97. The highest BCUT2D eigenvalue weighted by Gasteiger charge is 2.62. The number of hydrogen-bond donors (Lipinski definition) is 0. The Morgan fingerprint density at radius 3 is 2.00 bits per heavy atom. The van der Waals surface area contributed by atoms with Crippen molar-refractivity contribution < 1.29 is 14.4 Å². The van der Waals surface area contributed by atoms with E-state index in [1.165, 1.54) is 4.90 Å². The summed E-state index contributed by atoms with van der Waals surface area (Å²) in [5.41, 5.74) is 1.57. The molecule has 0 unspecified atom stereocenters. The number of anilines is 1. The Balaban J connectivity index is 1.87. The number of benzene rings is 2. The predicted octanol–water partition coefficient (Wildman–Crippen LogP) is 2.40. The molecule has 0 aromatic heterocycles. The van der Waals surface area contributed by atoms with E-state index in [4.69, 9.17) is 0 Å². The maximum absolute atomic E-state index is 13.1. The molecule has 3 atom stereocenters. The molecule has 2 fully saturated rings. The highest BCUT2D eigenvalue weighted by Crippen LogP contribution is 2.48. The molecule has 25 heavy (non-hydrogen) atoms. The topological polar surface area (TPSA) is 57.7 Å². The molecule has 0 spiro atoms. The number of hydrogen-bond acceptors (Lipinski definition) is 3. The molecule has 2 saturated heterocycles. The van der Waals surface area contributed by atoms with E-state index in [1.807, 2.05) is 60.7 Å². The highest BCUT2D eigenvalue weighted by atomic mass is 16.2. The van der Waals surface area contributed by atoms with Gasteiger partial charge in [0.25, 0.3) is 0 Å². The van der Waals surface area contributed by atoms with Gasteiger partial charge in [0, 0.05) is 12.2 Å². The molecule has 2 aromatic carbocycles. The highest BCUT2D eigenvalue weighted by molar-refractivity contribution is 6.21. The minimum absolute atomic E-state index is 0.252. The fraction of sp³-hybridized carbons (Fsp3) is 0.250. The number of carbonyl (C=O) groups excluding carboxylic acids is 3. The average molecular weight is 334 g/mol. The molecular weight excluding hydrogens is 316 g/mol. The Kier molecular flexibility index (Phi) is 3.64. The van der Waals surface area contributed by atoms with Crippen molar-refractivity contribution >= 4 is 23.4 Å².